The second-order valence-corrected chi connectivity index (χ2v) is 6.92. The van der Waals surface area contributed by atoms with E-state index in [2.05, 4.69) is 4.74 Å². The van der Waals surface area contributed by atoms with Crippen LogP contribution in [0, 0.1) is 0 Å². The van der Waals surface area contributed by atoms with Gasteiger partial charge in [0.1, 0.15) is 11.5 Å². The molecule has 1 heterocycles. The number of carbonyl (C=O) groups excluding carboxylic acids is 1. The lowest BCUT2D eigenvalue weighted by Crippen LogP contribution is -2.29. The van der Waals surface area contributed by atoms with Crippen LogP contribution in [-0.2, 0) is 4.79 Å². The monoisotopic (exact) mass is 433 g/mol. The molecule has 31 heavy (non-hydrogen) atoms. The van der Waals surface area contributed by atoms with E-state index in [1.54, 1.807) is 31.3 Å². The van der Waals surface area contributed by atoms with Crippen molar-refractivity contribution >= 4 is 12.0 Å². The van der Waals surface area contributed by atoms with Crippen LogP contribution in [-0.4, -0.2) is 45.3 Å². The predicted octanol–water partition coefficient (Wildman–Crippen LogP) is 4.69. The summed E-state index contributed by atoms with van der Waals surface area (Å²) in [6, 6.07) is 9.92. The Hall–Kier alpha value is -3.29. The molecular formula is C23H25F2NO5. The van der Waals surface area contributed by atoms with Gasteiger partial charge in [0.25, 0.3) is 0 Å². The summed E-state index contributed by atoms with van der Waals surface area (Å²) in [6.45, 7) is -2.32. The number of hydrogen-bond donors (Lipinski definition) is 0. The number of hydrogen-bond acceptors (Lipinski definition) is 5. The third-order valence-corrected chi connectivity index (χ3v) is 5.15. The SMILES string of the molecule is COc1ccc(OC)c(C2CCCN2C(=O)/C=C/c2ccc(OC(F)F)c(OC)c2)c1. The van der Waals surface area contributed by atoms with Crippen molar-refractivity contribution in [1.29, 1.82) is 0 Å². The van der Waals surface area contributed by atoms with E-state index in [1.165, 1.54) is 25.3 Å². The van der Waals surface area contributed by atoms with E-state index >= 15 is 0 Å². The number of likely N-dealkylation sites (tertiary alicyclic amines) is 1. The molecule has 1 atom stereocenters. The van der Waals surface area contributed by atoms with Gasteiger partial charge < -0.3 is 23.8 Å². The van der Waals surface area contributed by atoms with Gasteiger partial charge in [0.2, 0.25) is 5.91 Å². The number of carbonyl (C=O) groups is 1. The predicted molar refractivity (Wildman–Crippen MR) is 112 cm³/mol. The molecular weight excluding hydrogens is 408 g/mol. The Kier molecular flexibility index (Phi) is 7.33. The van der Waals surface area contributed by atoms with E-state index in [0.29, 0.717) is 23.6 Å². The fourth-order valence-electron chi connectivity index (χ4n) is 3.70. The van der Waals surface area contributed by atoms with Gasteiger partial charge in [0.05, 0.1) is 27.4 Å². The minimum Gasteiger partial charge on any atom is -0.497 e. The van der Waals surface area contributed by atoms with E-state index < -0.39 is 6.61 Å². The van der Waals surface area contributed by atoms with Gasteiger partial charge in [-0.15, -0.1) is 0 Å². The molecule has 0 N–H and O–H groups in total. The third-order valence-electron chi connectivity index (χ3n) is 5.15. The molecule has 0 radical (unpaired) electrons. The Morgan fingerprint density at radius 1 is 1.03 bits per heavy atom. The van der Waals surface area contributed by atoms with Crippen molar-refractivity contribution in [2.24, 2.45) is 0 Å². The van der Waals surface area contributed by atoms with Crippen molar-refractivity contribution < 1.29 is 32.5 Å². The fraction of sp³-hybridized carbons (Fsp3) is 0.348. The summed E-state index contributed by atoms with van der Waals surface area (Å²) in [5.41, 5.74) is 1.53. The van der Waals surface area contributed by atoms with Crippen molar-refractivity contribution in [3.63, 3.8) is 0 Å². The van der Waals surface area contributed by atoms with Crippen LogP contribution in [0.1, 0.15) is 30.0 Å². The van der Waals surface area contributed by atoms with E-state index in [4.69, 9.17) is 14.2 Å². The maximum absolute atomic E-state index is 12.9. The number of nitrogens with zero attached hydrogens (tertiary/aromatic N) is 1. The molecule has 1 saturated heterocycles. The van der Waals surface area contributed by atoms with Crippen LogP contribution in [0.2, 0.25) is 0 Å². The fourth-order valence-corrected chi connectivity index (χ4v) is 3.70. The molecule has 0 aliphatic carbocycles. The standard InChI is InChI=1S/C23H25F2NO5/c1-28-16-8-10-19(29-2)17(14-16)18-5-4-12-26(18)22(27)11-7-15-6-9-20(31-23(24)25)21(13-15)30-3/h6-11,13-14,18,23H,4-5,12H2,1-3H3/b11-7+. The quantitative estimate of drug-likeness (QED) is 0.566. The van der Waals surface area contributed by atoms with Crippen LogP contribution in [0.4, 0.5) is 8.78 Å². The molecule has 0 saturated carbocycles. The summed E-state index contributed by atoms with van der Waals surface area (Å²) in [5.74, 6) is 1.35. The number of alkyl halides is 2. The third kappa shape index (κ3) is 5.25. The highest BCUT2D eigenvalue weighted by Crippen LogP contribution is 2.39. The Bertz CT molecular complexity index is 948. The molecule has 1 amide bonds. The zero-order valence-corrected chi connectivity index (χ0v) is 17.6. The van der Waals surface area contributed by atoms with Crippen LogP contribution < -0.4 is 18.9 Å². The molecule has 8 heteroatoms. The van der Waals surface area contributed by atoms with Gasteiger partial charge in [-0.1, -0.05) is 6.07 Å². The van der Waals surface area contributed by atoms with Crippen molar-refractivity contribution in [3.8, 4) is 23.0 Å². The molecule has 3 rings (SSSR count). The van der Waals surface area contributed by atoms with Crippen molar-refractivity contribution in [2.75, 3.05) is 27.9 Å². The van der Waals surface area contributed by atoms with Crippen LogP contribution in [0.3, 0.4) is 0 Å². The lowest BCUT2D eigenvalue weighted by Gasteiger charge is -2.25. The van der Waals surface area contributed by atoms with Crippen LogP contribution in [0.15, 0.2) is 42.5 Å². The van der Waals surface area contributed by atoms with Gasteiger partial charge in [-0.2, -0.15) is 8.78 Å². The molecule has 0 bridgehead atoms. The number of amides is 1. The van der Waals surface area contributed by atoms with Gasteiger partial charge in [0.15, 0.2) is 11.5 Å². The highest BCUT2D eigenvalue weighted by atomic mass is 19.3. The summed E-state index contributed by atoms with van der Waals surface area (Å²) in [4.78, 5) is 14.7. The minimum atomic E-state index is -2.95. The Labute approximate surface area is 180 Å². The molecule has 1 aliphatic heterocycles. The Morgan fingerprint density at radius 3 is 2.45 bits per heavy atom. The summed E-state index contributed by atoms with van der Waals surface area (Å²) in [6.07, 6.45) is 4.78. The first-order valence-corrected chi connectivity index (χ1v) is 9.80. The van der Waals surface area contributed by atoms with Gasteiger partial charge in [-0.05, 0) is 54.8 Å². The maximum atomic E-state index is 12.9. The molecule has 2 aromatic carbocycles. The summed E-state index contributed by atoms with van der Waals surface area (Å²) < 4.78 is 45.3. The van der Waals surface area contributed by atoms with Crippen LogP contribution >= 0.6 is 0 Å². The van der Waals surface area contributed by atoms with Crippen LogP contribution in [0.25, 0.3) is 6.08 Å². The smallest absolute Gasteiger partial charge is 0.387 e. The zero-order valence-electron chi connectivity index (χ0n) is 17.6. The molecule has 2 aromatic rings. The topological polar surface area (TPSA) is 57.2 Å². The normalized spacial score (nSPS) is 16.1. The van der Waals surface area contributed by atoms with E-state index in [9.17, 15) is 13.6 Å². The van der Waals surface area contributed by atoms with Gasteiger partial charge in [-0.3, -0.25) is 4.79 Å². The van der Waals surface area contributed by atoms with Crippen LogP contribution in [0.5, 0.6) is 23.0 Å². The molecule has 6 nitrogen and oxygen atoms in total. The number of ether oxygens (including phenoxy) is 4. The van der Waals surface area contributed by atoms with Crippen molar-refractivity contribution in [1.82, 2.24) is 4.90 Å². The first-order chi connectivity index (χ1) is 15.0. The second kappa shape index (κ2) is 10.1. The average Bonchev–Trinajstić information content (AvgIpc) is 3.27. The molecule has 0 aromatic heterocycles. The van der Waals surface area contributed by atoms with Gasteiger partial charge in [-0.25, -0.2) is 0 Å². The molecule has 1 fully saturated rings. The Balaban J connectivity index is 1.79. The second-order valence-electron chi connectivity index (χ2n) is 6.92. The summed E-state index contributed by atoms with van der Waals surface area (Å²) in [5, 5.41) is 0. The molecule has 0 spiro atoms. The number of methoxy groups -OCH3 is 3. The lowest BCUT2D eigenvalue weighted by molar-refractivity contribution is -0.126. The average molecular weight is 433 g/mol. The highest BCUT2D eigenvalue weighted by molar-refractivity contribution is 5.92. The van der Waals surface area contributed by atoms with E-state index in [-0.39, 0.29) is 23.4 Å². The summed E-state index contributed by atoms with van der Waals surface area (Å²) >= 11 is 0. The largest absolute Gasteiger partial charge is 0.497 e. The molecule has 166 valence electrons. The molecule has 1 unspecified atom stereocenters. The summed E-state index contributed by atoms with van der Waals surface area (Å²) in [7, 11) is 4.56. The maximum Gasteiger partial charge on any atom is 0.387 e. The zero-order chi connectivity index (χ0) is 22.4. The van der Waals surface area contributed by atoms with Gasteiger partial charge >= 0.3 is 6.61 Å². The number of halogens is 2. The number of rotatable bonds is 8. The first-order valence-electron chi connectivity index (χ1n) is 9.80. The lowest BCUT2D eigenvalue weighted by atomic mass is 10.0. The molecule has 1 aliphatic rings. The Morgan fingerprint density at radius 2 is 1.77 bits per heavy atom. The van der Waals surface area contributed by atoms with E-state index in [1.807, 2.05) is 18.2 Å². The highest BCUT2D eigenvalue weighted by Gasteiger charge is 2.31. The van der Waals surface area contributed by atoms with Crippen molar-refractivity contribution in [2.45, 2.75) is 25.5 Å². The van der Waals surface area contributed by atoms with Crippen molar-refractivity contribution in [3.05, 3.63) is 53.6 Å². The van der Waals surface area contributed by atoms with Gasteiger partial charge in [0, 0.05) is 18.2 Å². The first kappa shape index (κ1) is 22.4. The van der Waals surface area contributed by atoms with E-state index in [0.717, 1.165) is 18.4 Å². The number of benzene rings is 2. The minimum absolute atomic E-state index is 0.0642.